The summed E-state index contributed by atoms with van der Waals surface area (Å²) in [6.07, 6.45) is 4.11. The van der Waals surface area contributed by atoms with Gasteiger partial charge in [0.2, 0.25) is 5.91 Å². The third-order valence-electron chi connectivity index (χ3n) is 4.53. The van der Waals surface area contributed by atoms with Gasteiger partial charge >= 0.3 is 0 Å². The minimum atomic E-state index is -0.305. The smallest absolute Gasteiger partial charge is 0.220 e. The van der Waals surface area contributed by atoms with Gasteiger partial charge in [-0.2, -0.15) is 0 Å². The summed E-state index contributed by atoms with van der Waals surface area (Å²) in [6.45, 7) is 9.40. The van der Waals surface area contributed by atoms with Crippen molar-refractivity contribution < 1.29 is 9.90 Å². The lowest BCUT2D eigenvalue weighted by atomic mass is 9.87. The molecule has 1 atom stereocenters. The van der Waals surface area contributed by atoms with Crippen molar-refractivity contribution in [1.29, 1.82) is 0 Å². The Morgan fingerprint density at radius 2 is 2.17 bits per heavy atom. The van der Waals surface area contributed by atoms with Gasteiger partial charge in [-0.3, -0.25) is 4.79 Å². The molecule has 130 valence electrons. The molecule has 0 saturated carbocycles. The number of likely N-dealkylation sites (tertiary alicyclic amines) is 1. The topological polar surface area (TPSA) is 65.5 Å². The van der Waals surface area contributed by atoms with Gasteiger partial charge < -0.3 is 15.3 Å². The van der Waals surface area contributed by atoms with E-state index in [9.17, 15) is 9.90 Å². The predicted molar refractivity (Wildman–Crippen MR) is 93.2 cm³/mol. The van der Waals surface area contributed by atoms with Crippen molar-refractivity contribution >= 4 is 17.2 Å². The molecular weight excluding hydrogens is 310 g/mol. The molecule has 23 heavy (non-hydrogen) atoms. The van der Waals surface area contributed by atoms with Crippen LogP contribution >= 0.6 is 11.3 Å². The maximum Gasteiger partial charge on any atom is 0.220 e. The zero-order valence-corrected chi connectivity index (χ0v) is 15.2. The average Bonchev–Trinajstić information content (AvgIpc) is 2.99. The Morgan fingerprint density at radius 3 is 2.74 bits per heavy atom. The van der Waals surface area contributed by atoms with E-state index >= 15 is 0 Å². The first-order valence-corrected chi connectivity index (χ1v) is 9.28. The quantitative estimate of drug-likeness (QED) is 0.834. The number of nitrogens with zero attached hydrogens (tertiary/aromatic N) is 2. The van der Waals surface area contributed by atoms with Gasteiger partial charge in [0, 0.05) is 24.5 Å². The van der Waals surface area contributed by atoms with Crippen LogP contribution in [-0.2, 0) is 11.3 Å². The fourth-order valence-electron chi connectivity index (χ4n) is 2.74. The molecule has 2 heterocycles. The molecule has 0 bridgehead atoms. The molecule has 0 aliphatic carbocycles. The first-order valence-electron chi connectivity index (χ1n) is 8.40. The van der Waals surface area contributed by atoms with E-state index in [4.69, 9.17) is 0 Å². The fraction of sp³-hybridized carbons (Fsp3) is 0.765. The summed E-state index contributed by atoms with van der Waals surface area (Å²) in [5.74, 6) is 0.572. The Labute approximate surface area is 143 Å². The summed E-state index contributed by atoms with van der Waals surface area (Å²) in [5.41, 5.74) is -0.0768. The highest BCUT2D eigenvalue weighted by Gasteiger charge is 2.27. The van der Waals surface area contributed by atoms with Gasteiger partial charge in [-0.05, 0) is 37.3 Å². The number of nitrogens with one attached hydrogen (secondary N) is 1. The van der Waals surface area contributed by atoms with E-state index in [2.05, 4.69) is 36.0 Å². The van der Waals surface area contributed by atoms with Crippen LogP contribution in [0, 0.1) is 11.3 Å². The van der Waals surface area contributed by atoms with E-state index in [0.29, 0.717) is 18.9 Å². The molecule has 1 unspecified atom stereocenters. The van der Waals surface area contributed by atoms with Crippen molar-refractivity contribution in [2.24, 2.45) is 11.3 Å². The van der Waals surface area contributed by atoms with Crippen molar-refractivity contribution in [3.05, 3.63) is 16.6 Å². The van der Waals surface area contributed by atoms with Crippen LogP contribution in [0.5, 0.6) is 0 Å². The van der Waals surface area contributed by atoms with E-state index in [0.717, 1.165) is 37.5 Å². The summed E-state index contributed by atoms with van der Waals surface area (Å²) in [5, 5.41) is 16.0. The van der Waals surface area contributed by atoms with Gasteiger partial charge in [0.25, 0.3) is 0 Å². The van der Waals surface area contributed by atoms with Crippen LogP contribution in [-0.4, -0.2) is 46.6 Å². The summed E-state index contributed by atoms with van der Waals surface area (Å²) < 4.78 is 0. The zero-order valence-electron chi connectivity index (χ0n) is 14.4. The highest BCUT2D eigenvalue weighted by atomic mass is 32.1. The second-order valence-electron chi connectivity index (χ2n) is 7.53. The Bertz CT molecular complexity index is 477. The Morgan fingerprint density at radius 1 is 1.48 bits per heavy atom. The molecule has 1 amide bonds. The van der Waals surface area contributed by atoms with Crippen molar-refractivity contribution in [1.82, 2.24) is 15.2 Å². The van der Waals surface area contributed by atoms with Crippen LogP contribution < -0.4 is 5.32 Å². The number of carbonyl (C=O) groups is 1. The average molecular weight is 340 g/mol. The lowest BCUT2D eigenvalue weighted by Gasteiger charge is -2.36. The van der Waals surface area contributed by atoms with Crippen LogP contribution in [0.3, 0.4) is 0 Å². The van der Waals surface area contributed by atoms with Crippen LogP contribution in [0.2, 0.25) is 0 Å². The molecule has 1 aliphatic rings. The second kappa shape index (κ2) is 8.22. The molecule has 1 fully saturated rings. The van der Waals surface area contributed by atoms with E-state index < -0.39 is 0 Å². The monoisotopic (exact) mass is 339 g/mol. The number of aliphatic hydroxyl groups excluding tert-OH is 1. The third-order valence-corrected chi connectivity index (χ3v) is 5.31. The third kappa shape index (κ3) is 6.20. The van der Waals surface area contributed by atoms with Crippen molar-refractivity contribution in [3.8, 4) is 0 Å². The first-order chi connectivity index (χ1) is 10.8. The SMILES string of the molecule is CC(C)(C)C(O)CN1CCC(CC(=O)NCc2nccs2)CC1. The minimum absolute atomic E-state index is 0.0768. The van der Waals surface area contributed by atoms with Gasteiger partial charge in [-0.15, -0.1) is 11.3 Å². The van der Waals surface area contributed by atoms with Gasteiger partial charge in [-0.1, -0.05) is 20.8 Å². The Balaban J connectivity index is 1.65. The van der Waals surface area contributed by atoms with Crippen LogP contribution in [0.1, 0.15) is 45.0 Å². The molecule has 1 aromatic rings. The van der Waals surface area contributed by atoms with Crippen LogP contribution in [0.4, 0.5) is 0 Å². The molecule has 1 aliphatic heterocycles. The number of carbonyl (C=O) groups excluding carboxylic acids is 1. The maximum absolute atomic E-state index is 12.0. The minimum Gasteiger partial charge on any atom is -0.391 e. The van der Waals surface area contributed by atoms with E-state index in [-0.39, 0.29) is 17.4 Å². The summed E-state index contributed by atoms with van der Waals surface area (Å²) in [4.78, 5) is 18.5. The standard InChI is InChI=1S/C17H29N3O2S/c1-17(2,3)14(21)12-20-7-4-13(5-8-20)10-15(22)19-11-16-18-6-9-23-16/h6,9,13-14,21H,4-5,7-8,10-12H2,1-3H3,(H,19,22). The van der Waals surface area contributed by atoms with E-state index in [1.54, 1.807) is 17.5 Å². The van der Waals surface area contributed by atoms with E-state index in [1.807, 2.05) is 5.38 Å². The Hall–Kier alpha value is -0.980. The van der Waals surface area contributed by atoms with Crippen LogP contribution in [0.25, 0.3) is 0 Å². The van der Waals surface area contributed by atoms with Crippen molar-refractivity contribution in [2.75, 3.05) is 19.6 Å². The van der Waals surface area contributed by atoms with Crippen LogP contribution in [0.15, 0.2) is 11.6 Å². The second-order valence-corrected chi connectivity index (χ2v) is 8.51. The number of amides is 1. The molecule has 1 aromatic heterocycles. The lowest BCUT2D eigenvalue weighted by Crippen LogP contribution is -2.43. The van der Waals surface area contributed by atoms with Gasteiger partial charge in [0.1, 0.15) is 5.01 Å². The molecule has 0 radical (unpaired) electrons. The van der Waals surface area contributed by atoms with Gasteiger partial charge in [0.05, 0.1) is 12.6 Å². The molecule has 2 N–H and O–H groups in total. The highest BCUT2D eigenvalue weighted by molar-refractivity contribution is 7.09. The zero-order chi connectivity index (χ0) is 16.9. The van der Waals surface area contributed by atoms with Crippen molar-refractivity contribution in [2.45, 2.75) is 52.7 Å². The normalized spacial score (nSPS) is 18.8. The predicted octanol–water partition coefficient (Wildman–Crippen LogP) is 2.27. The number of hydrogen-bond acceptors (Lipinski definition) is 5. The number of β-amino-alcohol motifs (C(OH)–C–C–N with tert-alkyl or cyclic N) is 1. The largest absolute Gasteiger partial charge is 0.391 e. The number of rotatable bonds is 6. The lowest BCUT2D eigenvalue weighted by molar-refractivity contribution is -0.122. The maximum atomic E-state index is 12.0. The van der Waals surface area contributed by atoms with Gasteiger partial charge in [0.15, 0.2) is 0 Å². The number of hydrogen-bond donors (Lipinski definition) is 2. The number of aromatic nitrogens is 1. The number of thiazole rings is 1. The number of piperidine rings is 1. The van der Waals surface area contributed by atoms with Crippen molar-refractivity contribution in [3.63, 3.8) is 0 Å². The summed E-state index contributed by atoms with van der Waals surface area (Å²) in [6, 6.07) is 0. The molecular formula is C17H29N3O2S. The molecule has 2 rings (SSSR count). The summed E-state index contributed by atoms with van der Waals surface area (Å²) in [7, 11) is 0. The van der Waals surface area contributed by atoms with Gasteiger partial charge in [-0.25, -0.2) is 4.98 Å². The highest BCUT2D eigenvalue weighted by Crippen LogP contribution is 2.24. The molecule has 0 spiro atoms. The molecule has 1 saturated heterocycles. The van der Waals surface area contributed by atoms with E-state index in [1.165, 1.54) is 0 Å². The molecule has 5 nitrogen and oxygen atoms in total. The molecule has 6 heteroatoms. The first kappa shape index (κ1) is 18.4. The number of aliphatic hydroxyl groups is 1. The fourth-order valence-corrected chi connectivity index (χ4v) is 3.30. The molecule has 0 aromatic carbocycles. The Kier molecular flexibility index (Phi) is 6.56. The summed E-state index contributed by atoms with van der Waals surface area (Å²) >= 11 is 1.56.